The molecule has 4 aromatic carbocycles. The van der Waals surface area contributed by atoms with E-state index in [2.05, 4.69) is 102 Å². The molecule has 36 heavy (non-hydrogen) atoms. The van der Waals surface area contributed by atoms with Gasteiger partial charge in [0.05, 0.1) is 6.54 Å². The second kappa shape index (κ2) is 8.90. The molecule has 1 saturated heterocycles. The van der Waals surface area contributed by atoms with Crippen molar-refractivity contribution < 1.29 is 14.9 Å². The third-order valence-corrected chi connectivity index (χ3v) is 8.44. The van der Waals surface area contributed by atoms with E-state index in [-0.39, 0.29) is 6.10 Å². The SMILES string of the molecule is OC(Cn1c2ccccc2c2ccccc21)C[NH+]1CC[NH+](C2c3ccccc3-c3ccccc32)CC1. The fraction of sp³-hybridized carbons (Fsp3) is 0.250. The molecule has 4 heteroatoms. The van der Waals surface area contributed by atoms with Gasteiger partial charge in [-0.2, -0.15) is 0 Å². The minimum atomic E-state index is -0.367. The zero-order chi connectivity index (χ0) is 24.1. The van der Waals surface area contributed by atoms with Crippen molar-refractivity contribution in [1.82, 2.24) is 4.57 Å². The smallest absolute Gasteiger partial charge is 0.140 e. The molecule has 180 valence electrons. The van der Waals surface area contributed by atoms with Crippen LogP contribution in [0.1, 0.15) is 17.2 Å². The monoisotopic (exact) mass is 475 g/mol. The number of benzene rings is 4. The molecule has 3 N–H and O–H groups in total. The Morgan fingerprint density at radius 2 is 1.17 bits per heavy atom. The second-order valence-corrected chi connectivity index (χ2v) is 10.5. The summed E-state index contributed by atoms with van der Waals surface area (Å²) in [4.78, 5) is 3.18. The van der Waals surface area contributed by atoms with E-state index < -0.39 is 0 Å². The fourth-order valence-electron chi connectivity index (χ4n) is 6.82. The Kier molecular flexibility index (Phi) is 5.39. The van der Waals surface area contributed by atoms with Gasteiger partial charge in [0.1, 0.15) is 44.9 Å². The van der Waals surface area contributed by atoms with Crippen LogP contribution >= 0.6 is 0 Å². The quantitative estimate of drug-likeness (QED) is 0.359. The lowest BCUT2D eigenvalue weighted by Crippen LogP contribution is -3.28. The van der Waals surface area contributed by atoms with E-state index >= 15 is 0 Å². The molecule has 4 nitrogen and oxygen atoms in total. The molecule has 2 aliphatic rings. The van der Waals surface area contributed by atoms with Crippen molar-refractivity contribution in [2.24, 2.45) is 0 Å². The average molecular weight is 476 g/mol. The molecule has 1 fully saturated rings. The molecule has 0 amide bonds. The van der Waals surface area contributed by atoms with Gasteiger partial charge in [0.15, 0.2) is 0 Å². The van der Waals surface area contributed by atoms with Gasteiger partial charge in [0, 0.05) is 32.9 Å². The Bertz CT molecular complexity index is 1450. The van der Waals surface area contributed by atoms with Crippen molar-refractivity contribution >= 4 is 21.8 Å². The summed E-state index contributed by atoms with van der Waals surface area (Å²) < 4.78 is 2.31. The van der Waals surface area contributed by atoms with Crippen LogP contribution in [0.5, 0.6) is 0 Å². The first-order valence-electron chi connectivity index (χ1n) is 13.3. The van der Waals surface area contributed by atoms with E-state index in [1.54, 1.807) is 4.90 Å². The molecule has 0 bridgehead atoms. The molecule has 0 spiro atoms. The Hall–Kier alpha value is -3.44. The zero-order valence-electron chi connectivity index (χ0n) is 20.5. The van der Waals surface area contributed by atoms with Crippen molar-refractivity contribution in [2.75, 3.05) is 32.7 Å². The minimum absolute atomic E-state index is 0.367. The molecule has 7 rings (SSSR count). The van der Waals surface area contributed by atoms with Gasteiger partial charge in [0.25, 0.3) is 0 Å². The molecule has 1 atom stereocenters. The zero-order valence-corrected chi connectivity index (χ0v) is 20.5. The van der Waals surface area contributed by atoms with Crippen LogP contribution in [-0.4, -0.2) is 48.5 Å². The summed E-state index contributed by atoms with van der Waals surface area (Å²) in [6.45, 7) is 5.89. The molecule has 1 aliphatic carbocycles. The number of para-hydroxylation sites is 2. The number of piperazine rings is 1. The van der Waals surface area contributed by atoms with Gasteiger partial charge in [-0.05, 0) is 23.3 Å². The van der Waals surface area contributed by atoms with Crippen molar-refractivity contribution in [3.8, 4) is 11.1 Å². The Labute approximate surface area is 212 Å². The topological polar surface area (TPSA) is 34.0 Å². The molecule has 0 saturated carbocycles. The number of hydrogen-bond donors (Lipinski definition) is 3. The van der Waals surface area contributed by atoms with Gasteiger partial charge in [-0.3, -0.25) is 0 Å². The first-order chi connectivity index (χ1) is 17.8. The third-order valence-electron chi connectivity index (χ3n) is 8.44. The van der Waals surface area contributed by atoms with Crippen molar-refractivity contribution in [1.29, 1.82) is 0 Å². The highest BCUT2D eigenvalue weighted by Gasteiger charge is 2.38. The fourth-order valence-corrected chi connectivity index (χ4v) is 6.82. The van der Waals surface area contributed by atoms with Crippen molar-refractivity contribution in [3.63, 3.8) is 0 Å². The number of nitrogens with zero attached hydrogens (tertiary/aromatic N) is 1. The maximum atomic E-state index is 11.2. The normalized spacial score (nSPS) is 20.5. The molecule has 0 radical (unpaired) electrons. The molecule has 1 aromatic heterocycles. The standard InChI is InChI=1S/C32H31N3O/c36-23(22-35-30-15-7-5-11-26(30)27-12-6-8-16-31(27)35)21-33-17-19-34(20-18-33)32-28-13-3-1-9-24(28)25-10-2-4-14-29(25)32/h1-16,23,32,36H,17-22H2/p+2. The largest absolute Gasteiger partial charge is 0.385 e. The highest BCUT2D eigenvalue weighted by Crippen LogP contribution is 2.41. The van der Waals surface area contributed by atoms with Crippen LogP contribution in [0.15, 0.2) is 97.1 Å². The van der Waals surface area contributed by atoms with E-state index in [0.29, 0.717) is 12.6 Å². The lowest BCUT2D eigenvalue weighted by atomic mass is 10.0. The summed E-state index contributed by atoms with van der Waals surface area (Å²) >= 11 is 0. The lowest BCUT2D eigenvalue weighted by Gasteiger charge is -2.34. The first kappa shape index (κ1) is 21.8. The average Bonchev–Trinajstić information content (AvgIpc) is 3.43. The Morgan fingerprint density at radius 3 is 1.75 bits per heavy atom. The number of aliphatic hydroxyl groups is 1. The van der Waals surface area contributed by atoms with Crippen LogP contribution in [0.3, 0.4) is 0 Å². The summed E-state index contributed by atoms with van der Waals surface area (Å²) in [5.74, 6) is 0. The molecule has 1 aliphatic heterocycles. The van der Waals surface area contributed by atoms with E-state index in [4.69, 9.17) is 0 Å². The number of rotatable bonds is 5. The summed E-state index contributed by atoms with van der Waals surface area (Å²) in [5, 5.41) is 13.7. The van der Waals surface area contributed by atoms with Crippen LogP contribution in [0.4, 0.5) is 0 Å². The highest BCUT2D eigenvalue weighted by molar-refractivity contribution is 6.07. The molecule has 1 unspecified atom stereocenters. The van der Waals surface area contributed by atoms with Crippen LogP contribution in [0, 0.1) is 0 Å². The van der Waals surface area contributed by atoms with Crippen molar-refractivity contribution in [3.05, 3.63) is 108 Å². The maximum absolute atomic E-state index is 11.2. The predicted molar refractivity (Wildman–Crippen MR) is 145 cm³/mol. The molecular formula is C32H33N3O+2. The first-order valence-corrected chi connectivity index (χ1v) is 13.3. The highest BCUT2D eigenvalue weighted by atomic mass is 16.3. The summed E-state index contributed by atoms with van der Waals surface area (Å²) in [6, 6.07) is 35.4. The Balaban J connectivity index is 1.06. The Morgan fingerprint density at radius 1 is 0.667 bits per heavy atom. The van der Waals surface area contributed by atoms with E-state index in [9.17, 15) is 5.11 Å². The van der Waals surface area contributed by atoms with Gasteiger partial charge in [-0.15, -0.1) is 0 Å². The lowest BCUT2D eigenvalue weighted by molar-refractivity contribution is -1.02. The number of aliphatic hydroxyl groups excluding tert-OH is 1. The number of quaternary nitrogens is 2. The van der Waals surface area contributed by atoms with Crippen LogP contribution in [0.25, 0.3) is 32.9 Å². The number of aromatic nitrogens is 1. The van der Waals surface area contributed by atoms with Gasteiger partial charge >= 0.3 is 0 Å². The number of hydrogen-bond acceptors (Lipinski definition) is 1. The third kappa shape index (κ3) is 3.56. The second-order valence-electron chi connectivity index (χ2n) is 10.5. The molecule has 5 aromatic rings. The van der Waals surface area contributed by atoms with Crippen LogP contribution in [0.2, 0.25) is 0 Å². The van der Waals surface area contributed by atoms with Gasteiger partial charge in [-0.1, -0.05) is 84.9 Å². The van der Waals surface area contributed by atoms with Gasteiger partial charge < -0.3 is 19.5 Å². The summed E-state index contributed by atoms with van der Waals surface area (Å²) in [7, 11) is 0. The number of fused-ring (bicyclic) bond motifs is 6. The van der Waals surface area contributed by atoms with Crippen molar-refractivity contribution in [2.45, 2.75) is 18.7 Å². The van der Waals surface area contributed by atoms with Gasteiger partial charge in [0.2, 0.25) is 0 Å². The molecule has 2 heterocycles. The molecular weight excluding hydrogens is 442 g/mol. The van der Waals surface area contributed by atoms with E-state index in [0.717, 1.165) is 32.7 Å². The summed E-state index contributed by atoms with van der Waals surface area (Å²) in [6.07, 6.45) is -0.367. The maximum Gasteiger partial charge on any atom is 0.140 e. The van der Waals surface area contributed by atoms with E-state index in [1.807, 2.05) is 0 Å². The number of nitrogens with one attached hydrogen (secondary N) is 2. The van der Waals surface area contributed by atoms with Gasteiger partial charge in [-0.25, -0.2) is 0 Å². The summed E-state index contributed by atoms with van der Waals surface area (Å²) in [5.41, 5.74) is 8.18. The van der Waals surface area contributed by atoms with Crippen LogP contribution in [-0.2, 0) is 6.54 Å². The van der Waals surface area contributed by atoms with E-state index in [1.165, 1.54) is 49.0 Å². The minimum Gasteiger partial charge on any atom is -0.385 e. The predicted octanol–water partition coefficient (Wildman–Crippen LogP) is 2.71. The van der Waals surface area contributed by atoms with Crippen LogP contribution < -0.4 is 9.80 Å².